The summed E-state index contributed by atoms with van der Waals surface area (Å²) in [6, 6.07) is 15.6. The Labute approximate surface area is 205 Å². The molecule has 1 fully saturated rings. The zero-order chi connectivity index (χ0) is 25.1. The molecule has 3 atom stereocenters. The molecule has 3 unspecified atom stereocenters. The molecule has 0 bridgehead atoms. The summed E-state index contributed by atoms with van der Waals surface area (Å²) in [5.74, 6) is -2.48. The van der Waals surface area contributed by atoms with Gasteiger partial charge < -0.3 is 15.2 Å². The zero-order valence-electron chi connectivity index (χ0n) is 20.2. The van der Waals surface area contributed by atoms with Gasteiger partial charge in [-0.25, -0.2) is 15.1 Å². The molecular weight excluding hydrogens is 448 g/mol. The molecule has 0 aromatic heterocycles. The highest BCUT2D eigenvalue weighted by Gasteiger charge is 2.39. The van der Waals surface area contributed by atoms with Crippen molar-refractivity contribution >= 4 is 18.0 Å². The van der Waals surface area contributed by atoms with Gasteiger partial charge in [0.05, 0.1) is 5.92 Å². The average molecular weight is 481 g/mol. The van der Waals surface area contributed by atoms with Gasteiger partial charge in [-0.05, 0) is 53.9 Å². The number of aliphatic carboxylic acids is 1. The molecule has 0 heterocycles. The second-order valence-corrected chi connectivity index (χ2v) is 9.71. The summed E-state index contributed by atoms with van der Waals surface area (Å²) in [4.78, 5) is 42.0. The number of benzene rings is 2. The lowest BCUT2D eigenvalue weighted by atomic mass is 9.89. The van der Waals surface area contributed by atoms with Gasteiger partial charge in [-0.3, -0.25) is 9.63 Å². The third-order valence-electron chi connectivity index (χ3n) is 6.83. The average Bonchev–Trinajstić information content (AvgIpc) is 3.59. The van der Waals surface area contributed by atoms with E-state index in [2.05, 4.69) is 35.1 Å². The lowest BCUT2D eigenvalue weighted by Crippen LogP contribution is -2.49. The normalized spacial score (nSPS) is 17.1. The number of nitrogens with one attached hydrogen (secondary N) is 2. The fourth-order valence-electron chi connectivity index (χ4n) is 4.96. The van der Waals surface area contributed by atoms with Gasteiger partial charge in [-0.15, -0.1) is 0 Å². The molecule has 0 spiro atoms. The molecule has 2 aliphatic rings. The summed E-state index contributed by atoms with van der Waals surface area (Å²) in [6.07, 6.45) is -0.141. The Morgan fingerprint density at radius 2 is 1.54 bits per heavy atom. The van der Waals surface area contributed by atoms with Crippen LogP contribution in [0.4, 0.5) is 4.79 Å². The molecular formula is C27H32N2O6. The van der Waals surface area contributed by atoms with E-state index < -0.39 is 36.0 Å². The number of fused-ring (bicyclic) bond motifs is 3. The monoisotopic (exact) mass is 480 g/mol. The largest absolute Gasteiger partial charge is 0.479 e. The van der Waals surface area contributed by atoms with Gasteiger partial charge >= 0.3 is 12.1 Å². The minimum absolute atomic E-state index is 0.0589. The van der Waals surface area contributed by atoms with Crippen molar-refractivity contribution in [1.82, 2.24) is 10.8 Å². The van der Waals surface area contributed by atoms with Gasteiger partial charge in [-0.1, -0.05) is 62.4 Å². The second-order valence-electron chi connectivity index (χ2n) is 9.71. The summed E-state index contributed by atoms with van der Waals surface area (Å²) in [6.45, 7) is 5.61. The highest BCUT2D eigenvalue weighted by molar-refractivity contribution is 5.81. The Kier molecular flexibility index (Phi) is 7.40. The van der Waals surface area contributed by atoms with E-state index in [0.717, 1.165) is 35.1 Å². The topological polar surface area (TPSA) is 114 Å². The van der Waals surface area contributed by atoms with Crippen molar-refractivity contribution in [2.45, 2.75) is 51.7 Å². The smallest absolute Gasteiger partial charge is 0.407 e. The van der Waals surface area contributed by atoms with Crippen LogP contribution in [-0.2, 0) is 19.2 Å². The molecule has 2 amide bonds. The number of hydrogen-bond acceptors (Lipinski definition) is 5. The van der Waals surface area contributed by atoms with Gasteiger partial charge in [0, 0.05) is 12.0 Å². The van der Waals surface area contributed by atoms with Gasteiger partial charge in [0.2, 0.25) is 5.91 Å². The van der Waals surface area contributed by atoms with Gasteiger partial charge in [0.1, 0.15) is 6.61 Å². The molecule has 186 valence electrons. The zero-order valence-corrected chi connectivity index (χ0v) is 20.2. The Morgan fingerprint density at radius 1 is 0.971 bits per heavy atom. The summed E-state index contributed by atoms with van der Waals surface area (Å²) in [5.41, 5.74) is 6.84. The van der Waals surface area contributed by atoms with Crippen LogP contribution in [0.3, 0.4) is 0 Å². The Hall–Kier alpha value is -3.39. The van der Waals surface area contributed by atoms with E-state index in [1.165, 1.54) is 0 Å². The molecule has 4 rings (SSSR count). The number of hydrogen-bond donors (Lipinski definition) is 3. The van der Waals surface area contributed by atoms with E-state index in [0.29, 0.717) is 0 Å². The maximum atomic E-state index is 12.8. The van der Waals surface area contributed by atoms with E-state index in [1.807, 2.05) is 38.1 Å². The molecule has 2 aromatic carbocycles. The maximum absolute atomic E-state index is 12.8. The third-order valence-corrected chi connectivity index (χ3v) is 6.83. The molecule has 2 aliphatic carbocycles. The highest BCUT2D eigenvalue weighted by atomic mass is 16.7. The summed E-state index contributed by atoms with van der Waals surface area (Å²) in [7, 11) is 0. The number of rotatable bonds is 10. The van der Waals surface area contributed by atoms with E-state index >= 15 is 0 Å². The van der Waals surface area contributed by atoms with Crippen LogP contribution in [-0.4, -0.2) is 41.8 Å². The van der Waals surface area contributed by atoms with Gasteiger partial charge in [-0.2, -0.15) is 0 Å². The minimum atomic E-state index is -1.10. The molecule has 35 heavy (non-hydrogen) atoms. The van der Waals surface area contributed by atoms with Crippen LogP contribution in [0, 0.1) is 17.8 Å². The fraction of sp³-hybridized carbons (Fsp3) is 0.444. The molecule has 1 saturated carbocycles. The summed E-state index contributed by atoms with van der Waals surface area (Å²) >= 11 is 0. The van der Waals surface area contributed by atoms with Gasteiger partial charge in [0.15, 0.2) is 6.10 Å². The molecule has 8 nitrogen and oxygen atoms in total. The SMILES string of the molecule is CC(C)C(C(=O)NOC(C(=O)O)C1CC1)C(C)NC(=O)OCC1c2ccccc2-c2ccccc21. The highest BCUT2D eigenvalue weighted by Crippen LogP contribution is 2.44. The number of carboxylic acids is 1. The Balaban J connectivity index is 1.34. The van der Waals surface area contributed by atoms with Gasteiger partial charge in [0.25, 0.3) is 0 Å². The van der Waals surface area contributed by atoms with Crippen LogP contribution in [0.25, 0.3) is 11.1 Å². The predicted octanol–water partition coefficient (Wildman–Crippen LogP) is 4.10. The van der Waals surface area contributed by atoms with Crippen molar-refractivity contribution in [2.75, 3.05) is 6.61 Å². The fourth-order valence-corrected chi connectivity index (χ4v) is 4.96. The van der Waals surface area contributed by atoms with Crippen LogP contribution in [0.15, 0.2) is 48.5 Å². The first-order chi connectivity index (χ1) is 16.8. The van der Waals surface area contributed by atoms with Crippen LogP contribution >= 0.6 is 0 Å². The molecule has 0 saturated heterocycles. The standard InChI is InChI=1S/C27H32N2O6/c1-15(2)23(25(30)29-35-24(26(31)32)17-12-13-17)16(3)28-27(33)34-14-22-20-10-6-4-8-18(20)19-9-5-7-11-21(19)22/h4-11,15-17,22-24H,12-14H2,1-3H3,(H,28,33)(H,29,30)(H,31,32). The first-order valence-corrected chi connectivity index (χ1v) is 12.1. The van der Waals surface area contributed by atoms with Crippen LogP contribution in [0.2, 0.25) is 0 Å². The third kappa shape index (κ3) is 5.48. The number of carbonyl (C=O) groups excluding carboxylic acids is 2. The molecule has 0 radical (unpaired) electrons. The van der Waals surface area contributed by atoms with Crippen molar-refractivity contribution in [3.63, 3.8) is 0 Å². The number of carbonyl (C=O) groups is 3. The van der Waals surface area contributed by atoms with E-state index in [-0.39, 0.29) is 24.4 Å². The number of ether oxygens (including phenoxy) is 1. The van der Waals surface area contributed by atoms with Crippen molar-refractivity contribution in [1.29, 1.82) is 0 Å². The molecule has 2 aromatic rings. The Bertz CT molecular complexity index is 1050. The molecule has 0 aliphatic heterocycles. The van der Waals surface area contributed by atoms with E-state index in [9.17, 15) is 19.5 Å². The molecule has 3 N–H and O–H groups in total. The van der Waals surface area contributed by atoms with Crippen molar-refractivity contribution in [3.05, 3.63) is 59.7 Å². The van der Waals surface area contributed by atoms with Crippen LogP contribution < -0.4 is 10.8 Å². The summed E-state index contributed by atoms with van der Waals surface area (Å²) < 4.78 is 5.60. The predicted molar refractivity (Wildman–Crippen MR) is 129 cm³/mol. The van der Waals surface area contributed by atoms with E-state index in [4.69, 9.17) is 9.57 Å². The Morgan fingerprint density at radius 3 is 2.06 bits per heavy atom. The van der Waals surface area contributed by atoms with Crippen molar-refractivity contribution < 1.29 is 29.1 Å². The second kappa shape index (κ2) is 10.5. The number of amides is 2. The maximum Gasteiger partial charge on any atom is 0.407 e. The number of hydroxylamine groups is 1. The summed E-state index contributed by atoms with van der Waals surface area (Å²) in [5, 5.41) is 12.1. The van der Waals surface area contributed by atoms with E-state index in [1.54, 1.807) is 6.92 Å². The lowest BCUT2D eigenvalue weighted by Gasteiger charge is -2.27. The lowest BCUT2D eigenvalue weighted by molar-refractivity contribution is -0.164. The van der Waals surface area contributed by atoms with Crippen LogP contribution in [0.5, 0.6) is 0 Å². The number of alkyl carbamates (subject to hydrolysis) is 1. The van der Waals surface area contributed by atoms with Crippen molar-refractivity contribution in [3.8, 4) is 11.1 Å². The first kappa shape index (κ1) is 24.7. The first-order valence-electron chi connectivity index (χ1n) is 12.1. The van der Waals surface area contributed by atoms with Crippen molar-refractivity contribution in [2.24, 2.45) is 17.8 Å². The van der Waals surface area contributed by atoms with Crippen LogP contribution in [0.1, 0.15) is 50.7 Å². The number of carboxylic acid groups (broad SMARTS) is 1. The minimum Gasteiger partial charge on any atom is -0.479 e. The quantitative estimate of drug-likeness (QED) is 0.441. The molecule has 8 heteroatoms.